The molecule has 0 spiro atoms. The van der Waals surface area contributed by atoms with E-state index in [1.54, 1.807) is 0 Å². The molecule has 0 heterocycles. The van der Waals surface area contributed by atoms with E-state index in [1.165, 1.54) is 6.07 Å². The molecular formula is C33H26F12O3. The molecule has 260 valence electrons. The van der Waals surface area contributed by atoms with Crippen molar-refractivity contribution in [2.75, 3.05) is 0 Å². The molecule has 1 aliphatic carbocycles. The lowest BCUT2D eigenvalue weighted by Crippen LogP contribution is -2.27. The zero-order valence-electron chi connectivity index (χ0n) is 24.9. The fraction of sp³-hybridized carbons (Fsp3) is 0.333. The lowest BCUT2D eigenvalue weighted by molar-refractivity contribution is -0.191. The Morgan fingerprint density at radius 1 is 0.708 bits per heavy atom. The van der Waals surface area contributed by atoms with Crippen molar-refractivity contribution in [2.45, 2.75) is 63.6 Å². The van der Waals surface area contributed by atoms with Crippen LogP contribution in [0.25, 0.3) is 0 Å². The van der Waals surface area contributed by atoms with Crippen LogP contribution in [0.2, 0.25) is 0 Å². The monoisotopic (exact) mass is 698 g/mol. The highest BCUT2D eigenvalue weighted by atomic mass is 19.3. The molecule has 0 radical (unpaired) electrons. The molecule has 0 amide bonds. The van der Waals surface area contributed by atoms with Gasteiger partial charge in [-0.15, -0.1) is 0 Å². The second-order valence-electron chi connectivity index (χ2n) is 10.9. The van der Waals surface area contributed by atoms with E-state index >= 15 is 0 Å². The van der Waals surface area contributed by atoms with Crippen LogP contribution in [0.1, 0.15) is 68.1 Å². The SMILES string of the molecule is CCC=CCC1CCC(c2ccc(C(F)(F)Oc3cc(F)c(C(F)(F)Oc4cc(F)c(OC(F)=C(F)F)c(F)c4)c(F)c3)c(F)c2)CC1. The number of hydrogen-bond donors (Lipinski definition) is 0. The van der Waals surface area contributed by atoms with Gasteiger partial charge < -0.3 is 14.2 Å². The molecular weight excluding hydrogens is 672 g/mol. The van der Waals surface area contributed by atoms with Gasteiger partial charge in [-0.1, -0.05) is 25.1 Å². The summed E-state index contributed by atoms with van der Waals surface area (Å²) in [6.45, 7) is 2.03. The van der Waals surface area contributed by atoms with Gasteiger partial charge in [0.1, 0.15) is 34.5 Å². The first-order valence-corrected chi connectivity index (χ1v) is 14.5. The topological polar surface area (TPSA) is 27.7 Å². The van der Waals surface area contributed by atoms with E-state index in [4.69, 9.17) is 0 Å². The van der Waals surface area contributed by atoms with Crippen LogP contribution in [0.5, 0.6) is 17.2 Å². The van der Waals surface area contributed by atoms with Crippen LogP contribution in [0.3, 0.4) is 0 Å². The Hall–Kier alpha value is -4.30. The van der Waals surface area contributed by atoms with Crippen molar-refractivity contribution in [3.05, 3.63) is 112 Å². The fourth-order valence-electron chi connectivity index (χ4n) is 5.32. The van der Waals surface area contributed by atoms with Gasteiger partial charge in [-0.05, 0) is 68.1 Å². The predicted octanol–water partition coefficient (Wildman–Crippen LogP) is 11.7. The minimum Gasteiger partial charge on any atom is -0.429 e. The van der Waals surface area contributed by atoms with Crippen LogP contribution >= 0.6 is 0 Å². The molecule has 0 unspecified atom stereocenters. The number of ether oxygens (including phenoxy) is 3. The number of alkyl halides is 4. The highest BCUT2D eigenvalue weighted by Crippen LogP contribution is 2.42. The maximum atomic E-state index is 15.0. The quantitative estimate of drug-likeness (QED) is 0.107. The highest BCUT2D eigenvalue weighted by molar-refractivity contribution is 5.38. The second-order valence-corrected chi connectivity index (χ2v) is 10.9. The molecule has 4 rings (SSSR count). The Kier molecular flexibility index (Phi) is 11.3. The van der Waals surface area contributed by atoms with Gasteiger partial charge in [0.05, 0.1) is 5.56 Å². The van der Waals surface area contributed by atoms with Crippen LogP contribution in [-0.4, -0.2) is 0 Å². The fourth-order valence-corrected chi connectivity index (χ4v) is 5.32. The van der Waals surface area contributed by atoms with Crippen molar-refractivity contribution in [3.63, 3.8) is 0 Å². The smallest absolute Gasteiger partial charge is 0.429 e. The predicted molar refractivity (Wildman–Crippen MR) is 148 cm³/mol. The van der Waals surface area contributed by atoms with Crippen molar-refractivity contribution in [1.82, 2.24) is 0 Å². The summed E-state index contributed by atoms with van der Waals surface area (Å²) in [7, 11) is 0. The van der Waals surface area contributed by atoms with E-state index in [9.17, 15) is 52.7 Å². The molecule has 0 atom stereocenters. The second kappa shape index (κ2) is 14.9. The number of benzene rings is 3. The Balaban J connectivity index is 1.48. The summed E-state index contributed by atoms with van der Waals surface area (Å²) < 4.78 is 181. The molecule has 1 saturated carbocycles. The highest BCUT2D eigenvalue weighted by Gasteiger charge is 2.43. The van der Waals surface area contributed by atoms with Crippen molar-refractivity contribution in [1.29, 1.82) is 0 Å². The zero-order chi connectivity index (χ0) is 35.4. The summed E-state index contributed by atoms with van der Waals surface area (Å²) in [5.41, 5.74) is -3.01. The summed E-state index contributed by atoms with van der Waals surface area (Å²) in [6.07, 6.45) is -3.48. The minimum absolute atomic E-state index is 0.0699. The maximum absolute atomic E-state index is 15.0. The third-order valence-electron chi connectivity index (χ3n) is 7.61. The molecule has 0 saturated heterocycles. The average Bonchev–Trinajstić information content (AvgIpc) is 2.98. The van der Waals surface area contributed by atoms with Crippen molar-refractivity contribution in [3.8, 4) is 17.2 Å². The lowest BCUT2D eigenvalue weighted by Gasteiger charge is -2.28. The molecule has 3 aromatic carbocycles. The molecule has 1 fully saturated rings. The van der Waals surface area contributed by atoms with E-state index in [2.05, 4.69) is 26.4 Å². The minimum atomic E-state index is -5.07. The van der Waals surface area contributed by atoms with Gasteiger partial charge >= 0.3 is 24.3 Å². The van der Waals surface area contributed by atoms with Gasteiger partial charge in [-0.25, -0.2) is 22.0 Å². The van der Waals surface area contributed by atoms with Crippen LogP contribution in [0.4, 0.5) is 52.7 Å². The normalized spacial score (nSPS) is 17.0. The van der Waals surface area contributed by atoms with E-state index < -0.39 is 81.8 Å². The summed E-state index contributed by atoms with van der Waals surface area (Å²) in [6, 6.07) is -0.0824. The van der Waals surface area contributed by atoms with Crippen LogP contribution in [-0.2, 0) is 12.2 Å². The molecule has 0 aliphatic heterocycles. The van der Waals surface area contributed by atoms with Crippen molar-refractivity contribution < 1.29 is 66.9 Å². The molecule has 15 heteroatoms. The maximum Gasteiger partial charge on any atom is 0.432 e. The van der Waals surface area contributed by atoms with E-state index in [0.717, 1.165) is 50.7 Å². The Morgan fingerprint density at radius 3 is 1.77 bits per heavy atom. The Labute approximate surface area is 266 Å². The first kappa shape index (κ1) is 36.5. The number of hydrogen-bond acceptors (Lipinski definition) is 3. The van der Waals surface area contributed by atoms with Crippen LogP contribution < -0.4 is 14.2 Å². The molecule has 3 nitrogen and oxygen atoms in total. The number of halogens is 12. The first-order chi connectivity index (χ1) is 22.5. The largest absolute Gasteiger partial charge is 0.432 e. The molecule has 0 aromatic heterocycles. The van der Waals surface area contributed by atoms with Gasteiger partial charge in [0.2, 0.25) is 5.75 Å². The summed E-state index contributed by atoms with van der Waals surface area (Å²) >= 11 is 0. The standard InChI is InChI=1S/C33H26F12O3/c1-2-3-4-5-17-6-8-18(9-7-17)19-10-11-22(23(34)12-19)32(42,43)47-20-13-24(35)28(25(36)14-20)33(44,45)48-21-15-26(37)29(27(38)16-21)46-31(41)30(39)40/h3-4,10-18H,2,5-9H2,1H3. The van der Waals surface area contributed by atoms with Gasteiger partial charge in [-0.3, -0.25) is 0 Å². The van der Waals surface area contributed by atoms with Gasteiger partial charge in [0, 0.05) is 24.3 Å². The summed E-state index contributed by atoms with van der Waals surface area (Å²) in [5, 5.41) is 0. The van der Waals surface area contributed by atoms with E-state index in [1.807, 2.05) is 6.92 Å². The summed E-state index contributed by atoms with van der Waals surface area (Å²) in [5.74, 6) is -14.0. The third kappa shape index (κ3) is 8.58. The average molecular weight is 699 g/mol. The number of allylic oxidation sites excluding steroid dienone is 2. The molecule has 48 heavy (non-hydrogen) atoms. The van der Waals surface area contributed by atoms with Crippen molar-refractivity contribution >= 4 is 0 Å². The van der Waals surface area contributed by atoms with Crippen LogP contribution in [0, 0.1) is 35.0 Å². The Bertz CT molecular complexity index is 1630. The van der Waals surface area contributed by atoms with Gasteiger partial charge in [0.15, 0.2) is 11.6 Å². The zero-order valence-corrected chi connectivity index (χ0v) is 24.9. The molecule has 3 aromatic rings. The Morgan fingerprint density at radius 2 is 1.25 bits per heavy atom. The summed E-state index contributed by atoms with van der Waals surface area (Å²) in [4.78, 5) is 0. The van der Waals surface area contributed by atoms with E-state index in [0.29, 0.717) is 11.5 Å². The number of rotatable bonds is 12. The van der Waals surface area contributed by atoms with Gasteiger partial charge in [0.25, 0.3) is 0 Å². The lowest BCUT2D eigenvalue weighted by atomic mass is 9.77. The molecule has 0 N–H and O–H groups in total. The first-order valence-electron chi connectivity index (χ1n) is 14.5. The van der Waals surface area contributed by atoms with Crippen molar-refractivity contribution in [2.24, 2.45) is 5.92 Å². The van der Waals surface area contributed by atoms with E-state index in [-0.39, 0.29) is 30.2 Å². The molecule has 1 aliphatic rings. The van der Waals surface area contributed by atoms with Crippen LogP contribution in [0.15, 0.2) is 66.7 Å². The third-order valence-corrected chi connectivity index (χ3v) is 7.61. The molecule has 0 bridgehead atoms. The van der Waals surface area contributed by atoms with Gasteiger partial charge in [-0.2, -0.15) is 30.7 Å².